The molecule has 0 radical (unpaired) electrons. The number of hydrogen-bond donors (Lipinski definition) is 1. The van der Waals surface area contributed by atoms with Gasteiger partial charge in [0.25, 0.3) is 0 Å². The highest BCUT2D eigenvalue weighted by Crippen LogP contribution is 2.26. The van der Waals surface area contributed by atoms with Crippen LogP contribution >= 0.6 is 0 Å². The van der Waals surface area contributed by atoms with Crippen LogP contribution in [-0.2, 0) is 32.8 Å². The number of nitrogens with zero attached hydrogens (tertiary/aromatic N) is 3. The Bertz CT molecular complexity index is 1440. The fourth-order valence-electron chi connectivity index (χ4n) is 4.64. The van der Waals surface area contributed by atoms with Crippen LogP contribution in [0.25, 0.3) is 0 Å². The first-order valence-corrected chi connectivity index (χ1v) is 15.8. The molecule has 0 saturated heterocycles. The molecule has 1 N–H and O–H groups in total. The second-order valence-electron chi connectivity index (χ2n) is 10.9. The summed E-state index contributed by atoms with van der Waals surface area (Å²) in [6.45, 7) is 7.93. The molecule has 0 unspecified atom stereocenters. The standard InChI is InChI=1S/C33H44N4O4S/c1-7-8-20-34-33(39)31(22-28-12-10-9-11-13-28)36(23-29-18-15-25(2)16-19-29)32(38)24-37(42(40,41)35(5)6)30-21-26(3)14-17-27(30)4/h9-19,21,31H,7-8,20,22-24H2,1-6H3,(H,34,39)/t31-/m0/s1. The van der Waals surface area contributed by atoms with Crippen LogP contribution in [0.2, 0.25) is 0 Å². The van der Waals surface area contributed by atoms with E-state index in [2.05, 4.69) is 5.32 Å². The van der Waals surface area contributed by atoms with Gasteiger partial charge in [0.05, 0.1) is 5.69 Å². The van der Waals surface area contributed by atoms with Crippen molar-refractivity contribution in [3.63, 3.8) is 0 Å². The molecule has 226 valence electrons. The minimum Gasteiger partial charge on any atom is -0.354 e. The third kappa shape index (κ3) is 8.66. The Kier molecular flexibility index (Phi) is 11.7. The molecule has 2 amide bonds. The molecule has 0 heterocycles. The quantitative estimate of drug-likeness (QED) is 0.273. The summed E-state index contributed by atoms with van der Waals surface area (Å²) in [5.41, 5.74) is 4.86. The van der Waals surface area contributed by atoms with Gasteiger partial charge < -0.3 is 10.2 Å². The van der Waals surface area contributed by atoms with Gasteiger partial charge >= 0.3 is 10.2 Å². The van der Waals surface area contributed by atoms with Gasteiger partial charge in [0.2, 0.25) is 11.8 Å². The highest BCUT2D eigenvalue weighted by molar-refractivity contribution is 7.90. The monoisotopic (exact) mass is 592 g/mol. The summed E-state index contributed by atoms with van der Waals surface area (Å²) in [7, 11) is -1.15. The van der Waals surface area contributed by atoms with Gasteiger partial charge in [-0.3, -0.25) is 9.59 Å². The molecule has 0 bridgehead atoms. The second kappa shape index (κ2) is 15.0. The SMILES string of the molecule is CCCCNC(=O)[C@H](Cc1ccccc1)N(Cc1ccc(C)cc1)C(=O)CN(c1cc(C)ccc1C)S(=O)(=O)N(C)C. The molecule has 8 nitrogen and oxygen atoms in total. The molecule has 0 saturated carbocycles. The van der Waals surface area contributed by atoms with Gasteiger partial charge in [0, 0.05) is 33.6 Å². The first-order chi connectivity index (χ1) is 19.9. The van der Waals surface area contributed by atoms with E-state index in [-0.39, 0.29) is 12.5 Å². The largest absolute Gasteiger partial charge is 0.354 e. The molecule has 0 spiro atoms. The maximum Gasteiger partial charge on any atom is 0.304 e. The lowest BCUT2D eigenvalue weighted by atomic mass is 10.0. The Balaban J connectivity index is 2.10. The van der Waals surface area contributed by atoms with E-state index < -0.39 is 28.7 Å². The van der Waals surface area contributed by atoms with Crippen LogP contribution in [-0.4, -0.2) is 62.7 Å². The first-order valence-electron chi connectivity index (χ1n) is 14.4. The number of amides is 2. The average molecular weight is 593 g/mol. The van der Waals surface area contributed by atoms with E-state index >= 15 is 0 Å². The third-order valence-electron chi connectivity index (χ3n) is 7.23. The number of rotatable bonds is 14. The third-order valence-corrected chi connectivity index (χ3v) is 9.03. The summed E-state index contributed by atoms with van der Waals surface area (Å²) in [5.74, 6) is -0.727. The van der Waals surface area contributed by atoms with Crippen LogP contribution in [0, 0.1) is 20.8 Å². The maximum absolute atomic E-state index is 14.4. The van der Waals surface area contributed by atoms with Crippen molar-refractivity contribution >= 4 is 27.7 Å². The normalized spacial score (nSPS) is 12.2. The molecule has 0 aliphatic rings. The van der Waals surface area contributed by atoms with Crippen LogP contribution in [0.3, 0.4) is 0 Å². The van der Waals surface area contributed by atoms with Crippen LogP contribution in [0.15, 0.2) is 72.8 Å². The van der Waals surface area contributed by atoms with E-state index in [1.807, 2.05) is 94.4 Å². The molecule has 9 heteroatoms. The van der Waals surface area contributed by atoms with Crippen LogP contribution in [0.1, 0.15) is 47.6 Å². The number of carbonyl (C=O) groups is 2. The predicted molar refractivity (Wildman–Crippen MR) is 169 cm³/mol. The lowest BCUT2D eigenvalue weighted by Crippen LogP contribution is -2.54. The maximum atomic E-state index is 14.4. The Labute approximate surface area is 251 Å². The minimum absolute atomic E-state index is 0.153. The zero-order valence-corrected chi connectivity index (χ0v) is 26.4. The van der Waals surface area contributed by atoms with Crippen molar-refractivity contribution in [3.05, 3.63) is 101 Å². The van der Waals surface area contributed by atoms with Gasteiger partial charge in [0.15, 0.2) is 0 Å². The molecule has 0 aliphatic carbocycles. The number of benzene rings is 3. The second-order valence-corrected chi connectivity index (χ2v) is 13.0. The number of carbonyl (C=O) groups excluding carboxylic acids is 2. The van der Waals surface area contributed by atoms with E-state index in [9.17, 15) is 18.0 Å². The molecular weight excluding hydrogens is 548 g/mol. The molecule has 0 aromatic heterocycles. The van der Waals surface area contributed by atoms with E-state index in [1.165, 1.54) is 19.0 Å². The summed E-state index contributed by atoms with van der Waals surface area (Å²) in [6.07, 6.45) is 2.03. The molecular formula is C33H44N4O4S. The van der Waals surface area contributed by atoms with Crippen LogP contribution in [0.5, 0.6) is 0 Å². The number of aryl methyl sites for hydroxylation is 3. The summed E-state index contributed by atoms with van der Waals surface area (Å²) >= 11 is 0. The highest BCUT2D eigenvalue weighted by atomic mass is 32.2. The number of hydrogen-bond acceptors (Lipinski definition) is 4. The number of nitrogens with one attached hydrogen (secondary N) is 1. The summed E-state index contributed by atoms with van der Waals surface area (Å²) < 4.78 is 29.5. The zero-order chi connectivity index (χ0) is 30.9. The fraction of sp³-hybridized carbons (Fsp3) is 0.394. The van der Waals surface area contributed by atoms with Crippen LogP contribution in [0.4, 0.5) is 5.69 Å². The Morgan fingerprint density at radius 1 is 0.857 bits per heavy atom. The molecule has 3 aromatic rings. The molecule has 0 aliphatic heterocycles. The van der Waals surface area contributed by atoms with Crippen LogP contribution < -0.4 is 9.62 Å². The molecule has 3 aromatic carbocycles. The van der Waals surface area contributed by atoms with Gasteiger partial charge in [-0.2, -0.15) is 12.7 Å². The topological polar surface area (TPSA) is 90.0 Å². The van der Waals surface area contributed by atoms with E-state index in [1.54, 1.807) is 6.07 Å². The Morgan fingerprint density at radius 3 is 2.12 bits per heavy atom. The first kappa shape index (κ1) is 32.8. The van der Waals surface area contributed by atoms with Gasteiger partial charge in [-0.05, 0) is 55.5 Å². The number of anilines is 1. The van der Waals surface area contributed by atoms with Gasteiger partial charge in [-0.1, -0.05) is 85.6 Å². The van der Waals surface area contributed by atoms with Gasteiger partial charge in [-0.15, -0.1) is 0 Å². The molecule has 42 heavy (non-hydrogen) atoms. The van der Waals surface area contributed by atoms with Crippen molar-refractivity contribution in [2.75, 3.05) is 31.5 Å². The van der Waals surface area contributed by atoms with E-state index in [0.29, 0.717) is 18.7 Å². The lowest BCUT2D eigenvalue weighted by molar-refractivity contribution is -0.140. The predicted octanol–water partition coefficient (Wildman–Crippen LogP) is 4.78. The molecule has 1 atom stereocenters. The zero-order valence-electron chi connectivity index (χ0n) is 25.6. The van der Waals surface area contributed by atoms with Crippen molar-refractivity contribution in [1.29, 1.82) is 0 Å². The lowest BCUT2D eigenvalue weighted by Gasteiger charge is -2.35. The summed E-state index contributed by atoms with van der Waals surface area (Å²) in [4.78, 5) is 29.6. The van der Waals surface area contributed by atoms with Crippen molar-refractivity contribution < 1.29 is 18.0 Å². The van der Waals surface area contributed by atoms with Crippen molar-refractivity contribution in [3.8, 4) is 0 Å². The minimum atomic E-state index is -4.04. The summed E-state index contributed by atoms with van der Waals surface area (Å²) in [6, 6.07) is 22.0. The van der Waals surface area contributed by atoms with E-state index in [0.717, 1.165) is 49.3 Å². The van der Waals surface area contributed by atoms with Crippen molar-refractivity contribution in [1.82, 2.24) is 14.5 Å². The Hall–Kier alpha value is -3.69. The molecule has 0 fully saturated rings. The smallest absolute Gasteiger partial charge is 0.304 e. The van der Waals surface area contributed by atoms with Gasteiger partial charge in [0.1, 0.15) is 12.6 Å². The van der Waals surface area contributed by atoms with Crippen molar-refractivity contribution in [2.45, 2.75) is 59.5 Å². The average Bonchev–Trinajstić information content (AvgIpc) is 2.96. The fourth-order valence-corrected chi connectivity index (χ4v) is 5.75. The molecule has 3 rings (SSSR count). The highest BCUT2D eigenvalue weighted by Gasteiger charge is 2.35. The Morgan fingerprint density at radius 2 is 1.50 bits per heavy atom. The van der Waals surface area contributed by atoms with Crippen molar-refractivity contribution in [2.24, 2.45) is 0 Å². The van der Waals surface area contributed by atoms with Gasteiger partial charge in [-0.25, -0.2) is 4.31 Å². The van der Waals surface area contributed by atoms with E-state index in [4.69, 9.17) is 0 Å². The number of unbranched alkanes of at least 4 members (excludes halogenated alkanes) is 1. The summed E-state index contributed by atoms with van der Waals surface area (Å²) in [5, 5.41) is 3.01.